The molecule has 1 atom stereocenters. The number of nitrogens with one attached hydrogen (secondary N) is 1. The quantitative estimate of drug-likeness (QED) is 0.378. The fourth-order valence-corrected chi connectivity index (χ4v) is 4.99. The SMILES string of the molecule is Cc1ccc(C(=O)N2CCCC(Cc3ccc4cnccc4c3)CC2)cc1NCc1ccncc1. The molecular formula is C30H32N4O. The molecule has 3 heterocycles. The van der Waals surface area contributed by atoms with Gasteiger partial charge in [0.25, 0.3) is 5.91 Å². The lowest BCUT2D eigenvalue weighted by Gasteiger charge is -2.22. The number of rotatable bonds is 6. The molecule has 0 spiro atoms. The van der Waals surface area contributed by atoms with Gasteiger partial charge < -0.3 is 10.2 Å². The fourth-order valence-electron chi connectivity index (χ4n) is 4.99. The predicted molar refractivity (Wildman–Crippen MR) is 141 cm³/mol. The van der Waals surface area contributed by atoms with Gasteiger partial charge in [-0.3, -0.25) is 14.8 Å². The molecule has 178 valence electrons. The van der Waals surface area contributed by atoms with Crippen LogP contribution in [0.25, 0.3) is 10.8 Å². The second kappa shape index (κ2) is 10.7. The summed E-state index contributed by atoms with van der Waals surface area (Å²) in [6, 6.07) is 18.8. The Morgan fingerprint density at radius 2 is 1.77 bits per heavy atom. The van der Waals surface area contributed by atoms with Crippen LogP contribution in [0.4, 0.5) is 5.69 Å². The number of aryl methyl sites for hydroxylation is 1. The minimum absolute atomic E-state index is 0.135. The Morgan fingerprint density at radius 3 is 2.66 bits per heavy atom. The number of pyridine rings is 2. The van der Waals surface area contributed by atoms with Gasteiger partial charge in [-0.2, -0.15) is 0 Å². The van der Waals surface area contributed by atoms with Crippen molar-refractivity contribution in [3.05, 3.63) is 102 Å². The maximum absolute atomic E-state index is 13.4. The van der Waals surface area contributed by atoms with E-state index in [1.165, 1.54) is 16.3 Å². The third kappa shape index (κ3) is 5.68. The summed E-state index contributed by atoms with van der Waals surface area (Å²) in [4.78, 5) is 23.7. The van der Waals surface area contributed by atoms with Crippen LogP contribution in [0.5, 0.6) is 0 Å². The molecule has 1 amide bonds. The van der Waals surface area contributed by atoms with Crippen molar-refractivity contribution < 1.29 is 4.79 Å². The van der Waals surface area contributed by atoms with Crippen LogP contribution in [0, 0.1) is 12.8 Å². The number of hydrogen-bond donors (Lipinski definition) is 1. The predicted octanol–water partition coefficient (Wildman–Crippen LogP) is 6.04. The Bertz CT molecular complexity index is 1300. The summed E-state index contributed by atoms with van der Waals surface area (Å²) in [6.45, 7) is 4.42. The molecule has 5 nitrogen and oxygen atoms in total. The molecule has 0 radical (unpaired) electrons. The number of aromatic nitrogens is 2. The third-order valence-corrected chi connectivity index (χ3v) is 7.08. The zero-order valence-corrected chi connectivity index (χ0v) is 20.3. The molecule has 1 unspecified atom stereocenters. The first-order valence-electron chi connectivity index (χ1n) is 12.5. The van der Waals surface area contributed by atoms with Crippen LogP contribution in [0.15, 0.2) is 79.4 Å². The van der Waals surface area contributed by atoms with Gasteiger partial charge >= 0.3 is 0 Å². The van der Waals surface area contributed by atoms with Crippen molar-refractivity contribution in [1.82, 2.24) is 14.9 Å². The van der Waals surface area contributed by atoms with Crippen molar-refractivity contribution in [3.63, 3.8) is 0 Å². The first kappa shape index (κ1) is 23.0. The Kier molecular flexibility index (Phi) is 7.03. The lowest BCUT2D eigenvalue weighted by Crippen LogP contribution is -2.32. The average molecular weight is 465 g/mol. The number of fused-ring (bicyclic) bond motifs is 1. The first-order chi connectivity index (χ1) is 17.2. The molecule has 1 aliphatic rings. The van der Waals surface area contributed by atoms with E-state index in [0.717, 1.165) is 61.2 Å². The van der Waals surface area contributed by atoms with Crippen molar-refractivity contribution in [2.45, 2.75) is 39.2 Å². The van der Waals surface area contributed by atoms with Crippen molar-refractivity contribution in [1.29, 1.82) is 0 Å². The van der Waals surface area contributed by atoms with Gasteiger partial charge in [0.15, 0.2) is 0 Å². The Labute approximate surface area is 207 Å². The maximum atomic E-state index is 13.4. The minimum Gasteiger partial charge on any atom is -0.381 e. The summed E-state index contributed by atoms with van der Waals surface area (Å²) in [6.07, 6.45) is 11.7. The summed E-state index contributed by atoms with van der Waals surface area (Å²) in [5.74, 6) is 0.735. The highest BCUT2D eigenvalue weighted by molar-refractivity contribution is 5.95. The summed E-state index contributed by atoms with van der Waals surface area (Å²) < 4.78 is 0. The van der Waals surface area contributed by atoms with Crippen LogP contribution in [0.2, 0.25) is 0 Å². The molecule has 0 bridgehead atoms. The van der Waals surface area contributed by atoms with Gasteiger partial charge in [-0.25, -0.2) is 0 Å². The van der Waals surface area contributed by atoms with Crippen LogP contribution < -0.4 is 5.32 Å². The van der Waals surface area contributed by atoms with Crippen molar-refractivity contribution in [2.75, 3.05) is 18.4 Å². The molecule has 35 heavy (non-hydrogen) atoms. The molecule has 1 N–H and O–H groups in total. The monoisotopic (exact) mass is 464 g/mol. The Morgan fingerprint density at radius 1 is 0.914 bits per heavy atom. The van der Waals surface area contributed by atoms with Crippen LogP contribution in [0.3, 0.4) is 0 Å². The first-order valence-corrected chi connectivity index (χ1v) is 12.5. The van der Waals surface area contributed by atoms with Gasteiger partial charge in [0.1, 0.15) is 0 Å². The average Bonchev–Trinajstić information content (AvgIpc) is 3.14. The maximum Gasteiger partial charge on any atom is 0.253 e. The summed E-state index contributed by atoms with van der Waals surface area (Å²) in [5.41, 5.74) is 5.44. The van der Waals surface area contributed by atoms with E-state index < -0.39 is 0 Å². The molecule has 1 saturated heterocycles. The standard InChI is InChI=1S/C30H32N4O/c1-22-4-6-27(19-29(22)33-20-24-8-12-31-13-9-24)30(35)34-15-2-3-23(11-16-34)17-25-5-7-28-21-32-14-10-26(28)18-25/h4-10,12-14,18-19,21,23,33H,2-3,11,15-17,20H2,1H3. The van der Waals surface area contributed by atoms with E-state index in [2.05, 4.69) is 46.5 Å². The highest BCUT2D eigenvalue weighted by atomic mass is 16.2. The van der Waals surface area contributed by atoms with E-state index >= 15 is 0 Å². The second-order valence-corrected chi connectivity index (χ2v) is 9.59. The topological polar surface area (TPSA) is 58.1 Å². The lowest BCUT2D eigenvalue weighted by molar-refractivity contribution is 0.0760. The second-order valence-electron chi connectivity index (χ2n) is 9.59. The Hall–Kier alpha value is -3.73. The molecule has 1 aliphatic heterocycles. The molecule has 2 aromatic heterocycles. The van der Waals surface area contributed by atoms with Crippen molar-refractivity contribution in [3.8, 4) is 0 Å². The number of nitrogens with zero attached hydrogens (tertiary/aromatic N) is 3. The number of hydrogen-bond acceptors (Lipinski definition) is 4. The van der Waals surface area contributed by atoms with Crippen LogP contribution in [-0.2, 0) is 13.0 Å². The van der Waals surface area contributed by atoms with E-state index in [1.54, 1.807) is 12.4 Å². The van der Waals surface area contributed by atoms with Crippen molar-refractivity contribution >= 4 is 22.4 Å². The van der Waals surface area contributed by atoms with Gasteiger partial charge in [-0.05, 0) is 90.9 Å². The highest BCUT2D eigenvalue weighted by Gasteiger charge is 2.22. The number of carbonyl (C=O) groups excluding carboxylic acids is 1. The van der Waals surface area contributed by atoms with Gasteiger partial charge in [0, 0.05) is 61.1 Å². The van der Waals surface area contributed by atoms with Gasteiger partial charge in [0.05, 0.1) is 0 Å². The normalized spacial score (nSPS) is 16.1. The smallest absolute Gasteiger partial charge is 0.253 e. The molecule has 5 rings (SSSR count). The van der Waals surface area contributed by atoms with Crippen molar-refractivity contribution in [2.24, 2.45) is 5.92 Å². The molecule has 5 heteroatoms. The van der Waals surface area contributed by atoms with E-state index in [4.69, 9.17) is 0 Å². The fraction of sp³-hybridized carbons (Fsp3) is 0.300. The molecular weight excluding hydrogens is 432 g/mol. The molecule has 2 aromatic carbocycles. The van der Waals surface area contributed by atoms with Gasteiger partial charge in [-0.15, -0.1) is 0 Å². The summed E-state index contributed by atoms with van der Waals surface area (Å²) in [7, 11) is 0. The lowest BCUT2D eigenvalue weighted by atomic mass is 9.92. The summed E-state index contributed by atoms with van der Waals surface area (Å²) in [5, 5.41) is 5.91. The molecule has 4 aromatic rings. The van der Waals surface area contributed by atoms with Crippen LogP contribution in [0.1, 0.15) is 46.3 Å². The summed E-state index contributed by atoms with van der Waals surface area (Å²) >= 11 is 0. The number of benzene rings is 2. The van der Waals surface area contributed by atoms with E-state index in [-0.39, 0.29) is 5.91 Å². The Balaban J connectivity index is 1.21. The van der Waals surface area contributed by atoms with Gasteiger partial charge in [-0.1, -0.05) is 24.3 Å². The number of carbonyl (C=O) groups is 1. The molecule has 1 fully saturated rings. The van der Waals surface area contributed by atoms with Crippen LogP contribution >= 0.6 is 0 Å². The van der Waals surface area contributed by atoms with Gasteiger partial charge in [0.2, 0.25) is 0 Å². The zero-order valence-electron chi connectivity index (χ0n) is 20.3. The van der Waals surface area contributed by atoms with E-state index in [9.17, 15) is 4.79 Å². The highest BCUT2D eigenvalue weighted by Crippen LogP contribution is 2.26. The van der Waals surface area contributed by atoms with E-state index in [1.807, 2.05) is 47.6 Å². The largest absolute Gasteiger partial charge is 0.381 e. The molecule has 0 aliphatic carbocycles. The third-order valence-electron chi connectivity index (χ3n) is 7.08. The van der Waals surface area contributed by atoms with Crippen LogP contribution in [-0.4, -0.2) is 33.9 Å². The number of anilines is 1. The number of amides is 1. The number of likely N-dealkylation sites (tertiary alicyclic amines) is 1. The minimum atomic E-state index is 0.135. The molecule has 0 saturated carbocycles. The zero-order chi connectivity index (χ0) is 24.0. The van der Waals surface area contributed by atoms with E-state index in [0.29, 0.717) is 12.5 Å².